The van der Waals surface area contributed by atoms with E-state index in [9.17, 15) is 0 Å². The fourth-order valence-electron chi connectivity index (χ4n) is 2.16. The minimum absolute atomic E-state index is 0.130. The van der Waals surface area contributed by atoms with Crippen LogP contribution in [0.25, 0.3) is 0 Å². The zero-order chi connectivity index (χ0) is 13.7. The Hall–Kier alpha value is -1.65. The molecule has 0 aliphatic heterocycles. The van der Waals surface area contributed by atoms with Crippen molar-refractivity contribution in [3.05, 3.63) is 54.1 Å². The maximum Gasteiger partial charge on any atom is 0.0951 e. The van der Waals surface area contributed by atoms with Crippen LogP contribution in [0.3, 0.4) is 0 Å². The van der Waals surface area contributed by atoms with E-state index in [1.807, 2.05) is 30.7 Å². The summed E-state index contributed by atoms with van der Waals surface area (Å²) in [5, 5.41) is 3.50. The Bertz CT molecular complexity index is 490. The second-order valence-electron chi connectivity index (χ2n) is 4.97. The van der Waals surface area contributed by atoms with Crippen molar-refractivity contribution >= 4 is 0 Å². The lowest BCUT2D eigenvalue weighted by Crippen LogP contribution is -2.30. The van der Waals surface area contributed by atoms with E-state index in [4.69, 9.17) is 5.73 Å². The van der Waals surface area contributed by atoms with Gasteiger partial charge in [-0.3, -0.25) is 0 Å². The maximum absolute atomic E-state index is 5.89. The van der Waals surface area contributed by atoms with Gasteiger partial charge in [0.05, 0.1) is 18.1 Å². The molecule has 0 fully saturated rings. The van der Waals surface area contributed by atoms with Crippen LogP contribution in [0, 0.1) is 0 Å². The molecule has 1 heterocycles. The highest BCUT2D eigenvalue weighted by Gasteiger charge is 2.15. The third-order valence-electron chi connectivity index (χ3n) is 3.24. The van der Waals surface area contributed by atoms with Crippen LogP contribution in [0.1, 0.15) is 37.2 Å². The molecule has 0 aliphatic rings. The minimum Gasteiger partial charge on any atom is -0.331 e. The molecule has 0 saturated carbocycles. The third kappa shape index (κ3) is 3.43. The Morgan fingerprint density at radius 2 is 2.00 bits per heavy atom. The molecular formula is C15H22N4. The number of nitrogens with zero attached hydrogens (tertiary/aromatic N) is 2. The summed E-state index contributed by atoms with van der Waals surface area (Å²) >= 11 is 0. The fraction of sp³-hybridized carbons (Fsp3) is 0.400. The standard InChI is InChI=1S/C15H22N4/c1-12(2)19-11-17-10-15(19)14(8-16)18-9-13-6-4-3-5-7-13/h3-7,10-12,14,18H,8-9,16H2,1-2H3. The van der Waals surface area contributed by atoms with Gasteiger partial charge in [-0.2, -0.15) is 0 Å². The van der Waals surface area contributed by atoms with Crippen molar-refractivity contribution in [2.45, 2.75) is 32.5 Å². The molecule has 0 saturated heterocycles. The molecule has 4 nitrogen and oxygen atoms in total. The lowest BCUT2D eigenvalue weighted by molar-refractivity contribution is 0.478. The SMILES string of the molecule is CC(C)n1cncc1C(CN)NCc1ccccc1. The Kier molecular flexibility index (Phi) is 4.71. The van der Waals surface area contributed by atoms with Crippen molar-refractivity contribution in [1.82, 2.24) is 14.9 Å². The minimum atomic E-state index is 0.130. The van der Waals surface area contributed by atoms with E-state index in [-0.39, 0.29) is 6.04 Å². The summed E-state index contributed by atoms with van der Waals surface area (Å²) in [5.74, 6) is 0. The second kappa shape index (κ2) is 6.50. The molecule has 1 aromatic carbocycles. The van der Waals surface area contributed by atoms with Gasteiger partial charge in [-0.05, 0) is 19.4 Å². The molecule has 102 valence electrons. The highest BCUT2D eigenvalue weighted by molar-refractivity contribution is 5.15. The average Bonchev–Trinajstić information content (AvgIpc) is 2.90. The molecule has 2 aromatic rings. The van der Waals surface area contributed by atoms with E-state index in [0.717, 1.165) is 12.2 Å². The molecule has 1 unspecified atom stereocenters. The molecular weight excluding hydrogens is 236 g/mol. The van der Waals surface area contributed by atoms with Crippen LogP contribution in [0.2, 0.25) is 0 Å². The molecule has 0 aliphatic carbocycles. The summed E-state index contributed by atoms with van der Waals surface area (Å²) in [5.41, 5.74) is 8.30. The molecule has 0 spiro atoms. The van der Waals surface area contributed by atoms with Crippen LogP contribution in [0.15, 0.2) is 42.9 Å². The van der Waals surface area contributed by atoms with Gasteiger partial charge in [0.15, 0.2) is 0 Å². The van der Waals surface area contributed by atoms with Crippen LogP contribution in [-0.2, 0) is 6.54 Å². The van der Waals surface area contributed by atoms with Crippen LogP contribution < -0.4 is 11.1 Å². The molecule has 1 atom stereocenters. The van der Waals surface area contributed by atoms with Gasteiger partial charge in [-0.15, -0.1) is 0 Å². The first kappa shape index (κ1) is 13.8. The summed E-state index contributed by atoms with van der Waals surface area (Å²) in [6.07, 6.45) is 3.77. The normalized spacial score (nSPS) is 12.8. The van der Waals surface area contributed by atoms with Gasteiger partial charge in [-0.25, -0.2) is 4.98 Å². The number of rotatable bonds is 6. The Labute approximate surface area is 114 Å². The first-order valence-corrected chi connectivity index (χ1v) is 6.71. The Morgan fingerprint density at radius 1 is 1.26 bits per heavy atom. The summed E-state index contributed by atoms with van der Waals surface area (Å²) in [4.78, 5) is 4.23. The van der Waals surface area contributed by atoms with Crippen LogP contribution >= 0.6 is 0 Å². The lowest BCUT2D eigenvalue weighted by Gasteiger charge is -2.20. The van der Waals surface area contributed by atoms with Crippen molar-refractivity contribution in [2.24, 2.45) is 5.73 Å². The molecule has 0 amide bonds. The van der Waals surface area contributed by atoms with Crippen LogP contribution in [0.5, 0.6) is 0 Å². The predicted molar refractivity (Wildman–Crippen MR) is 77.7 cm³/mol. The van der Waals surface area contributed by atoms with E-state index >= 15 is 0 Å². The number of benzene rings is 1. The van der Waals surface area contributed by atoms with Gasteiger partial charge in [-0.1, -0.05) is 30.3 Å². The van der Waals surface area contributed by atoms with Gasteiger partial charge in [0.25, 0.3) is 0 Å². The first-order chi connectivity index (χ1) is 9.22. The predicted octanol–water partition coefficient (Wildman–Crippen LogP) is 2.25. The highest BCUT2D eigenvalue weighted by Crippen LogP contribution is 2.16. The zero-order valence-electron chi connectivity index (χ0n) is 11.6. The third-order valence-corrected chi connectivity index (χ3v) is 3.24. The number of hydrogen-bond acceptors (Lipinski definition) is 3. The van der Waals surface area contributed by atoms with E-state index in [2.05, 4.69) is 40.8 Å². The van der Waals surface area contributed by atoms with E-state index < -0.39 is 0 Å². The first-order valence-electron chi connectivity index (χ1n) is 6.71. The van der Waals surface area contributed by atoms with Gasteiger partial charge >= 0.3 is 0 Å². The van der Waals surface area contributed by atoms with Crippen molar-refractivity contribution < 1.29 is 0 Å². The fourth-order valence-corrected chi connectivity index (χ4v) is 2.16. The summed E-state index contributed by atoms with van der Waals surface area (Å²) in [6, 6.07) is 10.9. The van der Waals surface area contributed by atoms with Crippen molar-refractivity contribution in [2.75, 3.05) is 6.54 Å². The zero-order valence-corrected chi connectivity index (χ0v) is 11.6. The number of aromatic nitrogens is 2. The molecule has 3 N–H and O–H groups in total. The Balaban J connectivity index is 2.06. The molecule has 2 rings (SSSR count). The van der Waals surface area contributed by atoms with E-state index in [0.29, 0.717) is 12.6 Å². The van der Waals surface area contributed by atoms with Crippen LogP contribution in [-0.4, -0.2) is 16.1 Å². The molecule has 1 aromatic heterocycles. The van der Waals surface area contributed by atoms with E-state index in [1.165, 1.54) is 5.56 Å². The van der Waals surface area contributed by atoms with Crippen molar-refractivity contribution in [3.8, 4) is 0 Å². The summed E-state index contributed by atoms with van der Waals surface area (Å²) in [6.45, 7) is 5.67. The second-order valence-corrected chi connectivity index (χ2v) is 4.97. The number of nitrogens with one attached hydrogen (secondary N) is 1. The number of hydrogen-bond donors (Lipinski definition) is 2. The summed E-state index contributed by atoms with van der Waals surface area (Å²) in [7, 11) is 0. The molecule has 0 radical (unpaired) electrons. The Morgan fingerprint density at radius 3 is 2.63 bits per heavy atom. The van der Waals surface area contributed by atoms with Gasteiger partial charge in [0.2, 0.25) is 0 Å². The average molecular weight is 258 g/mol. The quantitative estimate of drug-likeness (QED) is 0.835. The number of nitrogens with two attached hydrogens (primary N) is 1. The smallest absolute Gasteiger partial charge is 0.0951 e. The van der Waals surface area contributed by atoms with Crippen molar-refractivity contribution in [3.63, 3.8) is 0 Å². The van der Waals surface area contributed by atoms with E-state index in [1.54, 1.807) is 0 Å². The van der Waals surface area contributed by atoms with Crippen LogP contribution in [0.4, 0.5) is 0 Å². The monoisotopic (exact) mass is 258 g/mol. The molecule has 0 bridgehead atoms. The highest BCUT2D eigenvalue weighted by atomic mass is 15.1. The lowest BCUT2D eigenvalue weighted by atomic mass is 10.1. The molecule has 19 heavy (non-hydrogen) atoms. The maximum atomic E-state index is 5.89. The van der Waals surface area contributed by atoms with Gasteiger partial charge in [0.1, 0.15) is 0 Å². The largest absolute Gasteiger partial charge is 0.331 e. The van der Waals surface area contributed by atoms with Gasteiger partial charge < -0.3 is 15.6 Å². The van der Waals surface area contributed by atoms with Crippen molar-refractivity contribution in [1.29, 1.82) is 0 Å². The molecule has 4 heteroatoms. The number of imidazole rings is 1. The topological polar surface area (TPSA) is 55.9 Å². The van der Waals surface area contributed by atoms with Gasteiger partial charge in [0, 0.05) is 25.3 Å². The summed E-state index contributed by atoms with van der Waals surface area (Å²) < 4.78 is 2.16.